The smallest absolute Gasteiger partial charge is 0.407 e. The van der Waals surface area contributed by atoms with Gasteiger partial charge in [-0.05, 0) is 51.0 Å². The van der Waals surface area contributed by atoms with Crippen molar-refractivity contribution in [2.45, 2.75) is 45.3 Å². The lowest BCUT2D eigenvalue weighted by Gasteiger charge is -2.23. The Labute approximate surface area is 135 Å². The molecule has 128 valence electrons. The highest BCUT2D eigenvalue weighted by molar-refractivity contribution is 5.71. The average molecular weight is 324 g/mol. The molecule has 1 aromatic rings. The second-order valence-corrected chi connectivity index (χ2v) is 6.22. The van der Waals surface area contributed by atoms with E-state index in [1.807, 2.05) is 0 Å². The maximum Gasteiger partial charge on any atom is 0.407 e. The van der Waals surface area contributed by atoms with Gasteiger partial charge in [0.2, 0.25) is 0 Å². The van der Waals surface area contributed by atoms with Gasteiger partial charge in [-0.3, -0.25) is 4.79 Å². The molecule has 7 nitrogen and oxygen atoms in total. The Morgan fingerprint density at radius 1 is 1.35 bits per heavy atom. The average Bonchev–Trinajstić information content (AvgIpc) is 2.35. The van der Waals surface area contributed by atoms with Crippen LogP contribution >= 0.6 is 0 Å². The minimum Gasteiger partial charge on any atom is -0.496 e. The molecule has 4 N–H and O–H groups in total. The molecule has 0 spiro atoms. The van der Waals surface area contributed by atoms with Crippen molar-refractivity contribution in [3.05, 3.63) is 23.8 Å². The van der Waals surface area contributed by atoms with Crippen LogP contribution in [0.3, 0.4) is 0 Å². The van der Waals surface area contributed by atoms with Gasteiger partial charge in [-0.25, -0.2) is 4.79 Å². The van der Waals surface area contributed by atoms with Crippen LogP contribution in [0, 0.1) is 0 Å². The van der Waals surface area contributed by atoms with Crippen molar-refractivity contribution in [3.8, 4) is 5.75 Å². The molecule has 0 saturated heterocycles. The number of carboxylic acids is 1. The first-order chi connectivity index (χ1) is 10.6. The van der Waals surface area contributed by atoms with Gasteiger partial charge in [-0.1, -0.05) is 0 Å². The lowest BCUT2D eigenvalue weighted by molar-refractivity contribution is -0.137. The van der Waals surface area contributed by atoms with E-state index >= 15 is 0 Å². The van der Waals surface area contributed by atoms with Crippen LogP contribution in [-0.2, 0) is 16.0 Å². The molecular formula is C16H24N2O5. The number of nitrogens with one attached hydrogen (secondary N) is 1. The van der Waals surface area contributed by atoms with Crippen molar-refractivity contribution < 1.29 is 24.2 Å². The van der Waals surface area contributed by atoms with Gasteiger partial charge >= 0.3 is 12.1 Å². The highest BCUT2D eigenvalue weighted by Gasteiger charge is 2.22. The van der Waals surface area contributed by atoms with Gasteiger partial charge in [0.1, 0.15) is 11.4 Å². The van der Waals surface area contributed by atoms with Gasteiger partial charge < -0.3 is 25.6 Å². The molecule has 1 rings (SSSR count). The fraction of sp³-hybridized carbons (Fsp3) is 0.500. The molecule has 23 heavy (non-hydrogen) atoms. The number of nitrogens with two attached hydrogens (primary N) is 1. The minimum atomic E-state index is -1.02. The van der Waals surface area contributed by atoms with Crippen LogP contribution in [0.5, 0.6) is 5.75 Å². The maximum atomic E-state index is 11.9. The summed E-state index contributed by atoms with van der Waals surface area (Å²) in [6, 6.07) is 4.45. The molecule has 0 unspecified atom stereocenters. The van der Waals surface area contributed by atoms with Gasteiger partial charge in [0.05, 0.1) is 13.5 Å². The van der Waals surface area contributed by atoms with Crippen molar-refractivity contribution in [1.82, 2.24) is 5.32 Å². The number of hydrogen-bond donors (Lipinski definition) is 3. The number of ether oxygens (including phenoxy) is 2. The third-order valence-corrected chi connectivity index (χ3v) is 2.91. The zero-order valence-electron chi connectivity index (χ0n) is 13.9. The molecule has 0 aliphatic rings. The molecule has 1 atom stereocenters. The van der Waals surface area contributed by atoms with Crippen molar-refractivity contribution in [1.29, 1.82) is 0 Å². The van der Waals surface area contributed by atoms with Gasteiger partial charge in [-0.2, -0.15) is 0 Å². The van der Waals surface area contributed by atoms with Crippen molar-refractivity contribution >= 4 is 17.7 Å². The summed E-state index contributed by atoms with van der Waals surface area (Å²) < 4.78 is 10.4. The second kappa shape index (κ2) is 7.71. The largest absolute Gasteiger partial charge is 0.496 e. The van der Waals surface area contributed by atoms with E-state index in [0.29, 0.717) is 11.4 Å². The highest BCUT2D eigenvalue weighted by atomic mass is 16.6. The molecule has 7 heteroatoms. The number of methoxy groups -OCH3 is 1. The quantitative estimate of drug-likeness (QED) is 0.692. The molecule has 0 aliphatic carbocycles. The standard InChI is InChI=1S/C16H24N2O5/c1-16(2,3)23-15(21)18-12(9-14(19)20)8-10-7-11(17)5-6-13(10)22-4/h5-7,12H,8-9,17H2,1-4H3,(H,18,21)(H,19,20)/t12-/m1/s1. The number of amides is 1. The lowest BCUT2D eigenvalue weighted by atomic mass is 10.0. The number of carbonyl (C=O) groups is 2. The fourth-order valence-electron chi connectivity index (χ4n) is 2.08. The molecule has 0 heterocycles. The van der Waals surface area contributed by atoms with Crippen LogP contribution in [0.15, 0.2) is 18.2 Å². The number of benzene rings is 1. The van der Waals surface area contributed by atoms with Gasteiger partial charge in [0.15, 0.2) is 0 Å². The first-order valence-electron chi connectivity index (χ1n) is 7.24. The second-order valence-electron chi connectivity index (χ2n) is 6.22. The lowest BCUT2D eigenvalue weighted by Crippen LogP contribution is -2.41. The topological polar surface area (TPSA) is 111 Å². The Morgan fingerprint density at radius 3 is 2.52 bits per heavy atom. The Bertz CT molecular complexity index is 566. The van der Waals surface area contributed by atoms with Crippen LogP contribution < -0.4 is 15.8 Å². The summed E-state index contributed by atoms with van der Waals surface area (Å²) in [6.07, 6.45) is -0.636. The Hall–Kier alpha value is -2.44. The summed E-state index contributed by atoms with van der Waals surface area (Å²) in [5.74, 6) is -0.436. The predicted octanol–water partition coefficient (Wildman–Crippen LogP) is 2.19. The molecule has 1 aromatic carbocycles. The van der Waals surface area contributed by atoms with E-state index in [4.69, 9.17) is 20.3 Å². The van der Waals surface area contributed by atoms with Crippen molar-refractivity contribution in [2.24, 2.45) is 0 Å². The van der Waals surface area contributed by atoms with E-state index < -0.39 is 23.7 Å². The predicted molar refractivity (Wildman–Crippen MR) is 86.5 cm³/mol. The number of hydrogen-bond acceptors (Lipinski definition) is 5. The van der Waals surface area contributed by atoms with Crippen molar-refractivity contribution in [3.63, 3.8) is 0 Å². The van der Waals surface area contributed by atoms with E-state index in [9.17, 15) is 9.59 Å². The molecule has 0 fully saturated rings. The van der Waals surface area contributed by atoms with E-state index in [1.165, 1.54) is 7.11 Å². The monoisotopic (exact) mass is 324 g/mol. The first kappa shape index (κ1) is 18.6. The SMILES string of the molecule is COc1ccc(N)cc1C[C@H](CC(=O)O)NC(=O)OC(C)(C)C. The number of alkyl carbamates (subject to hydrolysis) is 1. The minimum absolute atomic E-state index is 0.239. The summed E-state index contributed by atoms with van der Waals surface area (Å²) in [5.41, 5.74) is 6.35. The van der Waals surface area contributed by atoms with Gasteiger partial charge in [-0.15, -0.1) is 0 Å². The zero-order valence-corrected chi connectivity index (χ0v) is 13.9. The zero-order chi connectivity index (χ0) is 17.6. The fourth-order valence-corrected chi connectivity index (χ4v) is 2.08. The molecule has 1 amide bonds. The number of aliphatic carboxylic acids is 1. The number of nitrogen functional groups attached to an aromatic ring is 1. The van der Waals surface area contributed by atoms with Gasteiger partial charge in [0, 0.05) is 11.7 Å². The van der Waals surface area contributed by atoms with E-state index in [2.05, 4.69) is 5.32 Å². The third-order valence-electron chi connectivity index (χ3n) is 2.91. The Morgan fingerprint density at radius 2 is 2.00 bits per heavy atom. The molecule has 0 radical (unpaired) electrons. The molecular weight excluding hydrogens is 300 g/mol. The number of anilines is 1. The van der Waals surface area contributed by atoms with Crippen LogP contribution in [-0.4, -0.2) is 35.9 Å². The summed E-state index contributed by atoms with van der Waals surface area (Å²) in [5, 5.41) is 11.6. The normalized spacial score (nSPS) is 12.3. The summed E-state index contributed by atoms with van der Waals surface area (Å²) in [7, 11) is 1.52. The Balaban J connectivity index is 2.88. The van der Waals surface area contributed by atoms with E-state index in [0.717, 1.165) is 5.56 Å². The van der Waals surface area contributed by atoms with Crippen molar-refractivity contribution in [2.75, 3.05) is 12.8 Å². The number of rotatable bonds is 6. The molecule has 0 saturated carbocycles. The summed E-state index contributed by atoms with van der Waals surface area (Å²) >= 11 is 0. The first-order valence-corrected chi connectivity index (χ1v) is 7.24. The van der Waals surface area contributed by atoms with Crippen LogP contribution in [0.4, 0.5) is 10.5 Å². The summed E-state index contributed by atoms with van der Waals surface area (Å²) in [4.78, 5) is 22.9. The third kappa shape index (κ3) is 6.90. The van der Waals surface area contributed by atoms with E-state index in [1.54, 1.807) is 39.0 Å². The Kier molecular flexibility index (Phi) is 6.24. The summed E-state index contributed by atoms with van der Waals surface area (Å²) in [6.45, 7) is 5.21. The highest BCUT2D eigenvalue weighted by Crippen LogP contribution is 2.23. The van der Waals surface area contributed by atoms with Crippen LogP contribution in [0.25, 0.3) is 0 Å². The molecule has 0 aromatic heterocycles. The maximum absolute atomic E-state index is 11.9. The molecule has 0 bridgehead atoms. The van der Waals surface area contributed by atoms with Gasteiger partial charge in [0.25, 0.3) is 0 Å². The molecule has 0 aliphatic heterocycles. The van der Waals surface area contributed by atoms with E-state index in [-0.39, 0.29) is 12.8 Å². The number of carboxylic acid groups (broad SMARTS) is 1. The van der Waals surface area contributed by atoms with Crippen LogP contribution in [0.1, 0.15) is 32.8 Å². The van der Waals surface area contributed by atoms with Crippen LogP contribution in [0.2, 0.25) is 0 Å². The number of carbonyl (C=O) groups excluding carboxylic acids is 1.